The zero-order valence-electron chi connectivity index (χ0n) is 8.26. The zero-order chi connectivity index (χ0) is 11.5. The van der Waals surface area contributed by atoms with Crippen LogP contribution in [0.1, 0.15) is 12.8 Å². The van der Waals surface area contributed by atoms with E-state index in [2.05, 4.69) is 15.3 Å². The molecule has 0 radical (unpaired) electrons. The minimum atomic E-state index is -1.04. The van der Waals surface area contributed by atoms with Gasteiger partial charge < -0.3 is 15.2 Å². The number of nitrogens with one attached hydrogen (secondary N) is 1. The summed E-state index contributed by atoms with van der Waals surface area (Å²) in [5.41, 5.74) is 0. The lowest BCUT2D eigenvalue weighted by Gasteiger charge is -2.34. The molecule has 1 aromatic rings. The van der Waals surface area contributed by atoms with Crippen LogP contribution in [-0.2, 0) is 0 Å². The van der Waals surface area contributed by atoms with Crippen molar-refractivity contribution in [3.63, 3.8) is 0 Å². The van der Waals surface area contributed by atoms with Crippen LogP contribution < -0.4 is 10.1 Å². The Labute approximate surface area is 90.5 Å². The lowest BCUT2D eigenvalue weighted by Crippen LogP contribution is -2.48. The maximum Gasteiger partial charge on any atom is 0.404 e. The summed E-state index contributed by atoms with van der Waals surface area (Å²) in [5.74, 6) is -0.522. The molecule has 0 bridgehead atoms. The molecule has 0 aromatic carbocycles. The molecule has 86 valence electrons. The number of halogens is 1. The predicted octanol–water partition coefficient (Wildman–Crippen LogP) is 0.793. The van der Waals surface area contributed by atoms with Crippen LogP contribution in [0.2, 0.25) is 0 Å². The zero-order valence-corrected chi connectivity index (χ0v) is 8.26. The van der Waals surface area contributed by atoms with Crippen molar-refractivity contribution in [2.75, 3.05) is 0 Å². The van der Waals surface area contributed by atoms with Crippen LogP contribution in [0.25, 0.3) is 0 Å². The summed E-state index contributed by atoms with van der Waals surface area (Å²) in [7, 11) is 0. The molecule has 2 N–H and O–H groups in total. The molecule has 1 aromatic heterocycles. The van der Waals surface area contributed by atoms with Gasteiger partial charge in [-0.05, 0) is 0 Å². The van der Waals surface area contributed by atoms with E-state index in [-0.39, 0.29) is 18.2 Å². The second-order valence-electron chi connectivity index (χ2n) is 3.54. The Morgan fingerprint density at radius 1 is 1.50 bits per heavy atom. The summed E-state index contributed by atoms with van der Waals surface area (Å²) in [6.45, 7) is 0. The number of ether oxygens (including phenoxy) is 1. The number of hydrogen-bond donors (Lipinski definition) is 2. The molecule has 1 saturated carbocycles. The molecule has 0 saturated heterocycles. The van der Waals surface area contributed by atoms with Gasteiger partial charge in [-0.1, -0.05) is 0 Å². The van der Waals surface area contributed by atoms with E-state index in [0.29, 0.717) is 12.8 Å². The first-order valence-corrected chi connectivity index (χ1v) is 4.77. The van der Waals surface area contributed by atoms with E-state index in [1.807, 2.05) is 0 Å². The van der Waals surface area contributed by atoms with Gasteiger partial charge in [0.15, 0.2) is 5.82 Å². The van der Waals surface area contributed by atoms with Crippen molar-refractivity contribution >= 4 is 6.09 Å². The van der Waals surface area contributed by atoms with E-state index in [4.69, 9.17) is 9.84 Å². The lowest BCUT2D eigenvalue weighted by atomic mass is 9.89. The molecule has 1 aliphatic rings. The summed E-state index contributed by atoms with van der Waals surface area (Å²) in [6, 6.07) is 0.0307. The molecular formula is C9H10FN3O3. The van der Waals surface area contributed by atoms with E-state index in [1.54, 1.807) is 0 Å². The molecule has 1 aliphatic carbocycles. The van der Waals surface area contributed by atoms with Crippen molar-refractivity contribution in [2.45, 2.75) is 25.0 Å². The molecule has 1 fully saturated rings. The fraction of sp³-hybridized carbons (Fsp3) is 0.444. The van der Waals surface area contributed by atoms with Gasteiger partial charge in [0.25, 0.3) is 0 Å². The highest BCUT2D eigenvalue weighted by Crippen LogP contribution is 2.23. The van der Waals surface area contributed by atoms with Crippen molar-refractivity contribution in [2.24, 2.45) is 0 Å². The second kappa shape index (κ2) is 4.30. The Bertz CT molecular complexity index is 378. The Morgan fingerprint density at radius 2 is 2.12 bits per heavy atom. The largest absolute Gasteiger partial charge is 0.465 e. The molecule has 2 rings (SSSR count). The van der Waals surface area contributed by atoms with Crippen LogP contribution in [0, 0.1) is 5.82 Å². The normalized spacial score (nSPS) is 23.3. The van der Waals surface area contributed by atoms with Crippen LogP contribution >= 0.6 is 0 Å². The minimum Gasteiger partial charge on any atom is -0.465 e. The van der Waals surface area contributed by atoms with E-state index >= 15 is 0 Å². The van der Waals surface area contributed by atoms with Gasteiger partial charge >= 0.3 is 12.1 Å². The van der Waals surface area contributed by atoms with Gasteiger partial charge in [0.1, 0.15) is 6.10 Å². The first-order chi connectivity index (χ1) is 7.63. The number of carbonyl (C=O) groups is 1. The number of amides is 1. The average molecular weight is 227 g/mol. The van der Waals surface area contributed by atoms with Gasteiger partial charge in [-0.2, -0.15) is 0 Å². The van der Waals surface area contributed by atoms with E-state index < -0.39 is 11.9 Å². The average Bonchev–Trinajstić information content (AvgIpc) is 2.17. The van der Waals surface area contributed by atoms with Crippen molar-refractivity contribution in [1.82, 2.24) is 15.3 Å². The third kappa shape index (κ3) is 2.56. The third-order valence-corrected chi connectivity index (χ3v) is 2.29. The summed E-state index contributed by atoms with van der Waals surface area (Å²) in [5, 5.41) is 10.8. The summed E-state index contributed by atoms with van der Waals surface area (Å²) >= 11 is 0. The standard InChI is InChI=1S/C9H10FN3O3/c10-5-3-11-8(12-4-5)16-7-1-6(2-7)13-9(14)15/h3-4,6-7,13H,1-2H2,(H,14,15). The molecule has 1 heterocycles. The summed E-state index contributed by atoms with van der Waals surface area (Å²) in [4.78, 5) is 17.6. The van der Waals surface area contributed by atoms with Gasteiger partial charge in [-0.3, -0.25) is 0 Å². The van der Waals surface area contributed by atoms with Gasteiger partial charge in [-0.25, -0.2) is 19.2 Å². The first-order valence-electron chi connectivity index (χ1n) is 4.77. The number of nitrogens with zero attached hydrogens (tertiary/aromatic N) is 2. The summed E-state index contributed by atoms with van der Waals surface area (Å²) < 4.78 is 17.8. The smallest absolute Gasteiger partial charge is 0.404 e. The van der Waals surface area contributed by atoms with Crippen molar-refractivity contribution < 1.29 is 19.0 Å². The lowest BCUT2D eigenvalue weighted by molar-refractivity contribution is 0.0745. The minimum absolute atomic E-state index is 0.0806. The number of carboxylic acid groups (broad SMARTS) is 1. The molecule has 0 atom stereocenters. The van der Waals surface area contributed by atoms with Crippen LogP contribution in [0.15, 0.2) is 12.4 Å². The van der Waals surface area contributed by atoms with Crippen molar-refractivity contribution in [1.29, 1.82) is 0 Å². The van der Waals surface area contributed by atoms with Crippen LogP contribution in [-0.4, -0.2) is 33.3 Å². The molecule has 16 heavy (non-hydrogen) atoms. The maximum atomic E-state index is 12.5. The molecule has 0 aliphatic heterocycles. The number of rotatable bonds is 3. The van der Waals surface area contributed by atoms with Crippen molar-refractivity contribution in [3.8, 4) is 6.01 Å². The highest BCUT2D eigenvalue weighted by atomic mass is 19.1. The van der Waals surface area contributed by atoms with Crippen LogP contribution in [0.4, 0.5) is 9.18 Å². The summed E-state index contributed by atoms with van der Waals surface area (Å²) in [6.07, 6.45) is 2.05. The van der Waals surface area contributed by atoms with Gasteiger partial charge in [0.2, 0.25) is 0 Å². The Hall–Kier alpha value is -1.92. The van der Waals surface area contributed by atoms with E-state index in [1.165, 1.54) is 0 Å². The number of aromatic nitrogens is 2. The molecule has 0 unspecified atom stereocenters. The SMILES string of the molecule is O=C(O)NC1CC(Oc2ncc(F)cn2)C1. The maximum absolute atomic E-state index is 12.5. The van der Waals surface area contributed by atoms with Crippen LogP contribution in [0.3, 0.4) is 0 Å². The first kappa shape index (κ1) is 10.6. The number of hydrogen-bond acceptors (Lipinski definition) is 4. The fourth-order valence-electron chi connectivity index (χ4n) is 1.46. The molecule has 6 nitrogen and oxygen atoms in total. The second-order valence-corrected chi connectivity index (χ2v) is 3.54. The van der Waals surface area contributed by atoms with E-state index in [9.17, 15) is 9.18 Å². The van der Waals surface area contributed by atoms with Gasteiger partial charge in [0.05, 0.1) is 12.4 Å². The van der Waals surface area contributed by atoms with Crippen LogP contribution in [0.5, 0.6) is 6.01 Å². The topological polar surface area (TPSA) is 84.3 Å². The molecular weight excluding hydrogens is 217 g/mol. The molecule has 1 amide bonds. The highest BCUT2D eigenvalue weighted by Gasteiger charge is 2.32. The quantitative estimate of drug-likeness (QED) is 0.797. The Morgan fingerprint density at radius 3 is 2.69 bits per heavy atom. The van der Waals surface area contributed by atoms with Gasteiger partial charge in [-0.15, -0.1) is 0 Å². The molecule has 0 spiro atoms. The molecule has 7 heteroatoms. The predicted molar refractivity (Wildman–Crippen MR) is 50.6 cm³/mol. The van der Waals surface area contributed by atoms with Gasteiger partial charge in [0, 0.05) is 18.9 Å². The Kier molecular flexibility index (Phi) is 2.84. The third-order valence-electron chi connectivity index (χ3n) is 2.29. The Balaban J connectivity index is 1.77. The van der Waals surface area contributed by atoms with E-state index in [0.717, 1.165) is 12.4 Å². The van der Waals surface area contributed by atoms with Crippen molar-refractivity contribution in [3.05, 3.63) is 18.2 Å². The highest BCUT2D eigenvalue weighted by molar-refractivity contribution is 5.65. The fourth-order valence-corrected chi connectivity index (χ4v) is 1.46. The monoisotopic (exact) mass is 227 g/mol.